The summed E-state index contributed by atoms with van der Waals surface area (Å²) in [4.78, 5) is 1.98. The van der Waals surface area contributed by atoms with Crippen LogP contribution in [0.3, 0.4) is 0 Å². The second-order valence-electron chi connectivity index (χ2n) is 5.62. The fourth-order valence-electron chi connectivity index (χ4n) is 2.99. The molecule has 0 saturated carbocycles. The van der Waals surface area contributed by atoms with Crippen LogP contribution in [0.1, 0.15) is 23.4 Å². The molecule has 1 aliphatic rings. The van der Waals surface area contributed by atoms with Crippen LogP contribution in [-0.2, 0) is 26.7 Å². The second-order valence-corrected chi connectivity index (χ2v) is 5.98. The lowest BCUT2D eigenvalue weighted by Gasteiger charge is -2.32. The maximum absolute atomic E-state index is 14.3. The Hall–Kier alpha value is -1.73. The summed E-state index contributed by atoms with van der Waals surface area (Å²) in [5, 5.41) is 13.6. The third-order valence-corrected chi connectivity index (χ3v) is 4.70. The van der Waals surface area contributed by atoms with Crippen LogP contribution in [0.2, 0.25) is 0 Å². The molecule has 7 heteroatoms. The second kappa shape index (κ2) is 5.81. The molecule has 1 aliphatic heterocycles. The minimum absolute atomic E-state index is 0.169. The average Bonchev–Trinajstić information content (AvgIpc) is 2.79. The largest absolute Gasteiger partial charge is 0.388 e. The SMILES string of the molecule is Cc1ccc(F)c2c1CCCN2Cn1nc(CO)n(C)c1=S. The minimum Gasteiger partial charge on any atom is -0.388 e. The van der Waals surface area contributed by atoms with E-state index in [0.717, 1.165) is 30.5 Å². The van der Waals surface area contributed by atoms with E-state index >= 15 is 0 Å². The van der Waals surface area contributed by atoms with Crippen molar-refractivity contribution in [1.82, 2.24) is 14.3 Å². The summed E-state index contributed by atoms with van der Waals surface area (Å²) in [5.41, 5.74) is 2.84. The summed E-state index contributed by atoms with van der Waals surface area (Å²) in [5.74, 6) is 0.303. The van der Waals surface area contributed by atoms with E-state index < -0.39 is 0 Å². The molecular formula is C15H19FN4OS. The van der Waals surface area contributed by atoms with Crippen molar-refractivity contribution in [3.05, 3.63) is 39.7 Å². The van der Waals surface area contributed by atoms with Gasteiger partial charge in [0, 0.05) is 13.6 Å². The van der Waals surface area contributed by atoms with Gasteiger partial charge < -0.3 is 14.6 Å². The van der Waals surface area contributed by atoms with Gasteiger partial charge in [0.15, 0.2) is 10.6 Å². The van der Waals surface area contributed by atoms with Crippen LogP contribution in [0.25, 0.3) is 0 Å². The number of hydrogen-bond acceptors (Lipinski definition) is 4. The van der Waals surface area contributed by atoms with Crippen LogP contribution in [0.15, 0.2) is 12.1 Å². The Bertz CT molecular complexity index is 768. The molecular weight excluding hydrogens is 303 g/mol. The van der Waals surface area contributed by atoms with Crippen LogP contribution in [0.4, 0.5) is 10.1 Å². The number of fused-ring (bicyclic) bond motifs is 1. The summed E-state index contributed by atoms with van der Waals surface area (Å²) >= 11 is 5.34. The molecule has 0 spiro atoms. The summed E-state index contributed by atoms with van der Waals surface area (Å²) in [6, 6.07) is 3.34. The van der Waals surface area contributed by atoms with E-state index in [1.54, 1.807) is 16.3 Å². The molecule has 1 aromatic carbocycles. The Morgan fingerprint density at radius 1 is 1.41 bits per heavy atom. The van der Waals surface area contributed by atoms with Gasteiger partial charge in [-0.3, -0.25) is 0 Å². The number of halogens is 1. The van der Waals surface area contributed by atoms with E-state index in [0.29, 0.717) is 23.0 Å². The summed E-state index contributed by atoms with van der Waals surface area (Å²) in [6.45, 7) is 3.00. The number of aliphatic hydroxyl groups excluding tert-OH is 1. The van der Waals surface area contributed by atoms with Crippen LogP contribution in [0.5, 0.6) is 0 Å². The Morgan fingerprint density at radius 2 is 2.18 bits per heavy atom. The molecule has 5 nitrogen and oxygen atoms in total. The Balaban J connectivity index is 1.99. The van der Waals surface area contributed by atoms with Crippen LogP contribution < -0.4 is 4.90 Å². The number of anilines is 1. The highest BCUT2D eigenvalue weighted by Crippen LogP contribution is 2.32. The monoisotopic (exact) mass is 322 g/mol. The van der Waals surface area contributed by atoms with Crippen molar-refractivity contribution < 1.29 is 9.50 Å². The standard InChI is InChI=1S/C15H19FN4OS/c1-10-5-6-12(16)14-11(10)4-3-7-19(14)9-20-15(22)18(2)13(8-21)17-20/h5-6,21H,3-4,7-9H2,1-2H3. The zero-order valence-corrected chi connectivity index (χ0v) is 13.5. The molecule has 0 radical (unpaired) electrons. The number of rotatable bonds is 3. The molecule has 2 heterocycles. The Kier molecular flexibility index (Phi) is 4.01. The van der Waals surface area contributed by atoms with Gasteiger partial charge in [0.1, 0.15) is 19.1 Å². The molecule has 0 unspecified atom stereocenters. The lowest BCUT2D eigenvalue weighted by molar-refractivity contribution is 0.265. The van der Waals surface area contributed by atoms with Gasteiger partial charge >= 0.3 is 0 Å². The topological polar surface area (TPSA) is 46.2 Å². The van der Waals surface area contributed by atoms with Gasteiger partial charge in [0.25, 0.3) is 0 Å². The maximum atomic E-state index is 14.3. The van der Waals surface area contributed by atoms with Gasteiger partial charge in [-0.15, -0.1) is 0 Å². The summed E-state index contributed by atoms with van der Waals surface area (Å²) < 4.78 is 18.1. The first-order valence-electron chi connectivity index (χ1n) is 7.29. The molecule has 0 fully saturated rings. The minimum atomic E-state index is -0.204. The van der Waals surface area contributed by atoms with Crippen molar-refractivity contribution in [1.29, 1.82) is 0 Å². The van der Waals surface area contributed by atoms with E-state index in [-0.39, 0.29) is 12.4 Å². The van der Waals surface area contributed by atoms with E-state index in [4.69, 9.17) is 12.2 Å². The number of aryl methyl sites for hydroxylation is 1. The quantitative estimate of drug-likeness (QED) is 0.881. The van der Waals surface area contributed by atoms with E-state index in [1.807, 2.05) is 17.9 Å². The predicted octanol–water partition coefficient (Wildman–Crippen LogP) is 2.30. The van der Waals surface area contributed by atoms with Gasteiger partial charge in [-0.2, -0.15) is 5.10 Å². The van der Waals surface area contributed by atoms with Gasteiger partial charge in [-0.1, -0.05) is 6.07 Å². The molecule has 1 aromatic heterocycles. The van der Waals surface area contributed by atoms with Crippen molar-refractivity contribution >= 4 is 17.9 Å². The number of nitrogens with zero attached hydrogens (tertiary/aromatic N) is 4. The molecule has 1 N–H and O–H groups in total. The Morgan fingerprint density at radius 3 is 2.86 bits per heavy atom. The Labute approximate surface area is 133 Å². The van der Waals surface area contributed by atoms with Crippen molar-refractivity contribution in [2.45, 2.75) is 33.0 Å². The van der Waals surface area contributed by atoms with Crippen molar-refractivity contribution in [3.63, 3.8) is 0 Å². The first-order valence-corrected chi connectivity index (χ1v) is 7.70. The molecule has 118 valence electrons. The normalized spacial score (nSPS) is 14.3. The average molecular weight is 322 g/mol. The van der Waals surface area contributed by atoms with Crippen LogP contribution in [0, 0.1) is 17.5 Å². The van der Waals surface area contributed by atoms with Gasteiger partial charge in [-0.05, 0) is 49.2 Å². The van der Waals surface area contributed by atoms with Gasteiger partial charge in [-0.25, -0.2) is 9.07 Å². The van der Waals surface area contributed by atoms with Crippen LogP contribution in [-0.4, -0.2) is 26.0 Å². The highest BCUT2D eigenvalue weighted by atomic mass is 32.1. The number of hydrogen-bond donors (Lipinski definition) is 1. The maximum Gasteiger partial charge on any atom is 0.199 e. The highest BCUT2D eigenvalue weighted by Gasteiger charge is 2.23. The first-order chi connectivity index (χ1) is 10.5. The van der Waals surface area contributed by atoms with Gasteiger partial charge in [0.2, 0.25) is 0 Å². The number of aliphatic hydroxyl groups is 1. The van der Waals surface area contributed by atoms with E-state index in [2.05, 4.69) is 5.10 Å². The van der Waals surface area contributed by atoms with Crippen molar-refractivity contribution in [2.24, 2.45) is 7.05 Å². The smallest absolute Gasteiger partial charge is 0.199 e. The molecule has 22 heavy (non-hydrogen) atoms. The molecule has 3 rings (SSSR count). The molecule has 2 aromatic rings. The number of benzene rings is 1. The lowest BCUT2D eigenvalue weighted by atomic mass is 9.97. The fraction of sp³-hybridized carbons (Fsp3) is 0.467. The molecule has 0 atom stereocenters. The molecule has 0 saturated heterocycles. The molecule has 0 aliphatic carbocycles. The summed E-state index contributed by atoms with van der Waals surface area (Å²) in [7, 11) is 1.77. The van der Waals surface area contributed by atoms with E-state index in [9.17, 15) is 9.50 Å². The third kappa shape index (κ3) is 2.44. The zero-order valence-electron chi connectivity index (χ0n) is 12.7. The van der Waals surface area contributed by atoms with Crippen molar-refractivity contribution in [3.8, 4) is 0 Å². The molecule has 0 bridgehead atoms. The van der Waals surface area contributed by atoms with Gasteiger partial charge in [0.05, 0.1) is 5.69 Å². The summed E-state index contributed by atoms with van der Waals surface area (Å²) in [6.07, 6.45) is 1.87. The fourth-order valence-corrected chi connectivity index (χ4v) is 3.19. The number of aromatic nitrogens is 3. The highest BCUT2D eigenvalue weighted by molar-refractivity contribution is 7.71. The zero-order chi connectivity index (χ0) is 15.9. The lowest BCUT2D eigenvalue weighted by Crippen LogP contribution is -2.33. The third-order valence-electron chi connectivity index (χ3n) is 4.22. The van der Waals surface area contributed by atoms with Crippen molar-refractivity contribution in [2.75, 3.05) is 11.4 Å². The molecule has 0 amide bonds. The van der Waals surface area contributed by atoms with E-state index in [1.165, 1.54) is 6.07 Å². The predicted molar refractivity (Wildman–Crippen MR) is 84.8 cm³/mol. The van der Waals surface area contributed by atoms with Crippen LogP contribution >= 0.6 is 12.2 Å². The first kappa shape index (κ1) is 15.2.